The van der Waals surface area contributed by atoms with Crippen molar-refractivity contribution in [1.82, 2.24) is 58.5 Å². The van der Waals surface area contributed by atoms with Crippen molar-refractivity contribution >= 4 is 88.4 Å². The van der Waals surface area contributed by atoms with Gasteiger partial charge in [0.1, 0.15) is 54.6 Å². The maximum absolute atomic E-state index is 13.9. The monoisotopic (exact) mass is 1260 g/mol. The zero-order valence-electron chi connectivity index (χ0n) is 44.0. The molecule has 0 radical (unpaired) electrons. The summed E-state index contributed by atoms with van der Waals surface area (Å²) in [7, 11) is -18.1. The van der Waals surface area contributed by atoms with E-state index >= 15 is 0 Å². The molecule has 0 aromatic carbocycles. The summed E-state index contributed by atoms with van der Waals surface area (Å²) < 4.78 is 118. The van der Waals surface area contributed by atoms with Crippen LogP contribution in [0.15, 0.2) is 34.9 Å². The summed E-state index contributed by atoms with van der Waals surface area (Å²) in [5, 5.41) is 22.9. The van der Waals surface area contributed by atoms with Crippen LogP contribution in [0.25, 0.3) is 33.5 Å². The number of aliphatic hydroxyl groups excluding tert-OH is 2. The van der Waals surface area contributed by atoms with Gasteiger partial charge < -0.3 is 75.6 Å². The van der Waals surface area contributed by atoms with Gasteiger partial charge in [-0.25, -0.2) is 42.8 Å². The highest BCUT2D eigenvalue weighted by Gasteiger charge is 2.54. The van der Waals surface area contributed by atoms with Crippen LogP contribution < -0.4 is 32.9 Å². The van der Waals surface area contributed by atoms with E-state index in [9.17, 15) is 62.4 Å². The number of carbonyl (C=O) groups excluding carboxylic acids is 1. The topological polar surface area (TPSA) is 551 Å². The minimum atomic E-state index is -6.24. The van der Waals surface area contributed by atoms with Crippen molar-refractivity contribution in [3.63, 3.8) is 0 Å². The number of amides is 1. The van der Waals surface area contributed by atoms with Crippen LogP contribution in [0.1, 0.15) is 38.4 Å². The number of phosphoric ester groups is 3. The van der Waals surface area contributed by atoms with Gasteiger partial charge in [-0.15, -0.1) is 0 Å². The summed E-state index contributed by atoms with van der Waals surface area (Å²) in [6.07, 6.45) is -12.0. The molecule has 9 heterocycles. The van der Waals surface area contributed by atoms with Crippen molar-refractivity contribution in [2.24, 2.45) is 13.0 Å². The third-order valence-corrected chi connectivity index (χ3v) is 18.4. The molecule has 5 unspecified atom stereocenters. The van der Waals surface area contributed by atoms with Gasteiger partial charge in [-0.2, -0.15) is 13.6 Å². The lowest BCUT2D eigenvalue weighted by molar-refractivity contribution is -0.745. The van der Waals surface area contributed by atoms with Gasteiger partial charge in [-0.05, 0) is 6.42 Å². The molecule has 0 bridgehead atoms. The van der Waals surface area contributed by atoms with Gasteiger partial charge in [0.05, 0.1) is 45.6 Å². The summed E-state index contributed by atoms with van der Waals surface area (Å²) in [6, 6.07) is 0. The minimum absolute atomic E-state index is 0.00488. The molecular weight excluding hydrogens is 1200 g/mol. The molecule has 3 aliphatic heterocycles. The van der Waals surface area contributed by atoms with Crippen LogP contribution in [0.3, 0.4) is 0 Å². The number of nitrogens with zero attached hydrogens (tertiary/aromatic N) is 11. The van der Waals surface area contributed by atoms with E-state index < -0.39 is 148 Å². The van der Waals surface area contributed by atoms with Crippen LogP contribution in [-0.2, 0) is 80.5 Å². The van der Waals surface area contributed by atoms with E-state index in [0.717, 1.165) is 19.8 Å². The second-order valence-electron chi connectivity index (χ2n) is 19.0. The van der Waals surface area contributed by atoms with Crippen LogP contribution in [0.2, 0.25) is 0 Å². The molecule has 3 aliphatic rings. The predicted molar refractivity (Wildman–Crippen MR) is 274 cm³/mol. The lowest BCUT2D eigenvalue weighted by Gasteiger charge is -2.26. The first kappa shape index (κ1) is 61.9. The third kappa shape index (κ3) is 13.1. The lowest BCUT2D eigenvalue weighted by atomic mass is 9.94. The molecule has 0 spiro atoms. The number of phosphoric acid groups is 4. The van der Waals surface area contributed by atoms with Crippen molar-refractivity contribution in [2.45, 2.75) is 87.3 Å². The summed E-state index contributed by atoms with van der Waals surface area (Å²) in [5.41, 5.74) is 16.0. The first-order valence-corrected chi connectivity index (χ1v) is 30.4. The molecule has 0 saturated carbocycles. The van der Waals surface area contributed by atoms with Crippen LogP contribution >= 0.6 is 31.3 Å². The Hall–Kier alpha value is -5.64. The number of rotatable bonds is 24. The molecule has 14 N–H and O–H groups in total. The van der Waals surface area contributed by atoms with Gasteiger partial charge in [0.15, 0.2) is 41.4 Å². The molecule has 16 atom stereocenters. The number of H-pyrrole nitrogens is 2. The van der Waals surface area contributed by atoms with Crippen molar-refractivity contribution < 1.29 is 108 Å². The smallest absolute Gasteiger partial charge is 0.387 e. The zero-order valence-corrected chi connectivity index (χ0v) is 47.5. The van der Waals surface area contributed by atoms with E-state index in [4.69, 9.17) is 59.0 Å². The Labute approximate surface area is 464 Å². The first-order valence-electron chi connectivity index (χ1n) is 24.5. The summed E-state index contributed by atoms with van der Waals surface area (Å²) in [4.78, 5) is 112. The Bertz CT molecular complexity index is 3710. The molecule has 1 amide bonds. The van der Waals surface area contributed by atoms with E-state index in [1.54, 1.807) is 6.92 Å². The van der Waals surface area contributed by atoms with Gasteiger partial charge in [-0.1, -0.05) is 11.9 Å². The Morgan fingerprint density at radius 3 is 2.00 bits per heavy atom. The van der Waals surface area contributed by atoms with E-state index in [2.05, 4.69) is 48.5 Å². The average molecular weight is 1260 g/mol. The highest BCUT2D eigenvalue weighted by molar-refractivity contribution is 7.66. The summed E-state index contributed by atoms with van der Waals surface area (Å²) in [5.74, 6) is -2.43. The molecule has 6 aromatic rings. The number of imidazole rings is 3. The summed E-state index contributed by atoms with van der Waals surface area (Å²) >= 11 is 0. The number of aromatic amines is 2. The van der Waals surface area contributed by atoms with Gasteiger partial charge >= 0.3 is 36.9 Å². The van der Waals surface area contributed by atoms with E-state index in [-0.39, 0.29) is 57.8 Å². The quantitative estimate of drug-likeness (QED) is 0.0220. The Morgan fingerprint density at radius 1 is 0.747 bits per heavy atom. The highest BCUT2D eigenvalue weighted by Crippen LogP contribution is 2.68. The van der Waals surface area contributed by atoms with Gasteiger partial charge in [0, 0.05) is 40.2 Å². The van der Waals surface area contributed by atoms with Crippen LogP contribution in [0, 0.1) is 5.92 Å². The number of aryl methyl sites for hydroxylation is 1. The molecule has 3 fully saturated rings. The number of nitrogens with two attached hydrogens (primary N) is 3. The Morgan fingerprint density at radius 2 is 1.34 bits per heavy atom. The average Bonchev–Trinajstić information content (AvgIpc) is 4.43. The number of anilines is 3. The number of hydrogen-bond acceptors (Lipinski definition) is 29. The number of nitrogen functional groups attached to an aromatic ring is 3. The van der Waals surface area contributed by atoms with E-state index in [1.807, 2.05) is 0 Å². The molecule has 3 saturated heterocycles. The molecule has 0 aliphatic carbocycles. The summed E-state index contributed by atoms with van der Waals surface area (Å²) in [6.45, 7) is -1.32. The maximum atomic E-state index is 13.9. The minimum Gasteiger partial charge on any atom is -0.387 e. The highest BCUT2D eigenvalue weighted by atomic mass is 31.3. The molecule has 83 heavy (non-hydrogen) atoms. The number of fused-ring (bicyclic) bond motifs is 3. The molecule has 456 valence electrons. The van der Waals surface area contributed by atoms with E-state index in [0.29, 0.717) is 6.42 Å². The second-order valence-corrected chi connectivity index (χ2v) is 25.0. The van der Waals surface area contributed by atoms with Crippen molar-refractivity contribution in [1.29, 1.82) is 0 Å². The molecule has 40 nitrogen and oxygen atoms in total. The standard InChI is InChI=1S/C39H56N16O24P4/c1-6-7-70-27-25(58)18(75-36(27)54-14-46-22-31(54)47-38(41)49-33(22)59)10-71-80(61,62)77-26-19(76-37(28(26)69-5)53-13-45-21-29(40)43-12-44-30(21)53)11-73-82(65,66)79-83(67,68)78-81(63,64)72-9-17-16(8-20(56)51(2)3)24(57)35(74-17)55-15-52(4)23-32(55)48-39(42)50-34(23)60/h12-19,24-28,35-37,57-58H,6-11H2,1-5H3,(H11-,40,41,42,43,44,47,48,49,50,59,60,61,62,63,64,65,66,67,68)/p+1/t16-,17-,18-,19-,24-,25-,26-,27-,28-,35?,36-,37-/m1/s1. The number of nitrogens with one attached hydrogen (secondary N) is 2. The third-order valence-electron chi connectivity index (χ3n) is 13.1. The number of ether oxygens (including phenoxy) is 5. The van der Waals surface area contributed by atoms with Crippen molar-refractivity contribution in [3.05, 3.63) is 46.0 Å². The van der Waals surface area contributed by atoms with Crippen molar-refractivity contribution in [2.75, 3.05) is 64.8 Å². The predicted octanol–water partition coefficient (Wildman–Crippen LogP) is -2.54. The fourth-order valence-electron chi connectivity index (χ4n) is 9.43. The van der Waals surface area contributed by atoms with Crippen LogP contribution in [0.4, 0.5) is 17.7 Å². The maximum Gasteiger partial charge on any atom is 0.490 e. The Kier molecular flexibility index (Phi) is 17.9. The Balaban J connectivity index is 0.889. The van der Waals surface area contributed by atoms with E-state index in [1.165, 1.54) is 57.0 Å². The van der Waals surface area contributed by atoms with Crippen LogP contribution in [0.5, 0.6) is 0 Å². The fourth-order valence-corrected chi connectivity index (χ4v) is 13.9. The fraction of sp³-hybridized carbons (Fsp3) is 0.590. The number of hydrogen-bond donors (Lipinski definition) is 11. The molecule has 6 aromatic heterocycles. The lowest BCUT2D eigenvalue weighted by Crippen LogP contribution is -2.45. The van der Waals surface area contributed by atoms with Crippen molar-refractivity contribution in [3.8, 4) is 0 Å². The van der Waals surface area contributed by atoms with Gasteiger partial charge in [0.2, 0.25) is 23.6 Å². The number of methoxy groups -OCH3 is 1. The van der Waals surface area contributed by atoms with Gasteiger partial charge in [0.25, 0.3) is 17.1 Å². The second kappa shape index (κ2) is 24.0. The molecular formula is C39H57N16O24P4+. The SMILES string of the molecule is CCCO[C@@H]1[C@H](O)[C@@H](COP(=O)(O)O[C@H]2[C@@H](OC)[C@H](n3cnc4c(N)ncnc43)O[C@@H]2COP(=O)(O)OP(=O)(O)OP(=O)(O)OC[C@H]2OC([n+]3cn(C)c4c(=O)[nH]c(N)nc43)[C@H](O)[C@@H]2CC(=O)N(C)C)O[C@H]1n1cnc2c(=O)[nH]c(N)nc21. The van der Waals surface area contributed by atoms with Crippen LogP contribution in [-0.4, -0.2) is 191 Å². The zero-order chi connectivity index (χ0) is 60.2. The number of aromatic nitrogens is 12. The first-order chi connectivity index (χ1) is 39.0. The normalized spacial score (nSPS) is 28.6. The molecule has 44 heteroatoms. The largest absolute Gasteiger partial charge is 0.490 e. The number of carbonyl (C=O) groups is 1. The molecule has 9 rings (SSSR count). The number of aliphatic hydroxyl groups is 2. The van der Waals surface area contributed by atoms with Gasteiger partial charge in [-0.3, -0.25) is 56.1 Å².